The van der Waals surface area contributed by atoms with Gasteiger partial charge in [-0.2, -0.15) is 0 Å². The molecule has 6 heteroatoms. The summed E-state index contributed by atoms with van der Waals surface area (Å²) >= 11 is 0. The smallest absolute Gasteiger partial charge is 0.338 e. The van der Waals surface area contributed by atoms with Crippen LogP contribution in [0.25, 0.3) is 0 Å². The van der Waals surface area contributed by atoms with Crippen LogP contribution in [0.5, 0.6) is 0 Å². The van der Waals surface area contributed by atoms with Gasteiger partial charge in [0.2, 0.25) is 5.79 Å². The van der Waals surface area contributed by atoms with Gasteiger partial charge in [0.25, 0.3) is 0 Å². The summed E-state index contributed by atoms with van der Waals surface area (Å²) in [6.07, 6.45) is 4.87. The SMILES string of the molecule is CCCC(CCC)C1C/C(=C\C(=O)OC)C(OC(=O)c2ccccc2)C(OC)(C(C)(C)C(C)C)O1. The van der Waals surface area contributed by atoms with E-state index in [0.29, 0.717) is 17.6 Å². The minimum absolute atomic E-state index is 0.120. The van der Waals surface area contributed by atoms with Crippen LogP contribution in [0.1, 0.15) is 84.0 Å². The van der Waals surface area contributed by atoms with Crippen molar-refractivity contribution in [1.82, 2.24) is 0 Å². The molecule has 1 heterocycles. The molecule has 1 saturated heterocycles. The van der Waals surface area contributed by atoms with E-state index in [2.05, 4.69) is 41.5 Å². The van der Waals surface area contributed by atoms with E-state index in [4.69, 9.17) is 18.9 Å². The highest BCUT2D eigenvalue weighted by Crippen LogP contribution is 2.52. The quantitative estimate of drug-likeness (QED) is 0.267. The normalized spacial score (nSPS) is 24.1. The highest BCUT2D eigenvalue weighted by Gasteiger charge is 2.61. The molecule has 1 fully saturated rings. The monoisotopic (exact) mass is 488 g/mol. The van der Waals surface area contributed by atoms with Crippen LogP contribution in [0.15, 0.2) is 42.0 Å². The van der Waals surface area contributed by atoms with Crippen molar-refractivity contribution < 1.29 is 28.5 Å². The molecule has 35 heavy (non-hydrogen) atoms. The summed E-state index contributed by atoms with van der Waals surface area (Å²) in [4.78, 5) is 25.7. The Morgan fingerprint density at radius 1 is 1.11 bits per heavy atom. The number of ether oxygens (including phenoxy) is 4. The third-order valence-corrected chi connectivity index (χ3v) is 7.67. The summed E-state index contributed by atoms with van der Waals surface area (Å²) in [6.45, 7) is 12.7. The van der Waals surface area contributed by atoms with Gasteiger partial charge < -0.3 is 18.9 Å². The third kappa shape index (κ3) is 6.34. The van der Waals surface area contributed by atoms with Crippen molar-refractivity contribution in [2.45, 2.75) is 91.6 Å². The Labute approximate surface area is 211 Å². The number of methoxy groups -OCH3 is 2. The van der Waals surface area contributed by atoms with E-state index < -0.39 is 29.2 Å². The number of hydrogen-bond acceptors (Lipinski definition) is 6. The standard InChI is InChI=1S/C29H44O6/c1-9-14-21(15-10-2)24-18-23(19-25(30)32-7)26(34-27(31)22-16-12-11-13-17-22)29(33-8,35-24)28(5,6)20(3)4/h11-13,16-17,19-21,24,26H,9-10,14-15,18H2,1-8H3/b23-19+. The largest absolute Gasteiger partial charge is 0.466 e. The predicted molar refractivity (Wildman–Crippen MR) is 137 cm³/mol. The van der Waals surface area contributed by atoms with E-state index in [1.165, 1.54) is 13.2 Å². The maximum absolute atomic E-state index is 13.3. The van der Waals surface area contributed by atoms with Gasteiger partial charge >= 0.3 is 11.9 Å². The minimum Gasteiger partial charge on any atom is -0.466 e. The fourth-order valence-corrected chi connectivity index (χ4v) is 4.99. The summed E-state index contributed by atoms with van der Waals surface area (Å²) in [6, 6.07) is 8.84. The number of carbonyl (C=O) groups excluding carboxylic acids is 2. The van der Waals surface area contributed by atoms with Gasteiger partial charge in [0.1, 0.15) is 0 Å². The van der Waals surface area contributed by atoms with Crippen molar-refractivity contribution in [3.05, 3.63) is 47.5 Å². The number of benzene rings is 1. The van der Waals surface area contributed by atoms with Crippen molar-refractivity contribution in [1.29, 1.82) is 0 Å². The van der Waals surface area contributed by atoms with Crippen molar-refractivity contribution in [3.8, 4) is 0 Å². The van der Waals surface area contributed by atoms with Crippen LogP contribution in [0.3, 0.4) is 0 Å². The van der Waals surface area contributed by atoms with Crippen LogP contribution in [0.4, 0.5) is 0 Å². The lowest BCUT2D eigenvalue weighted by atomic mass is 9.67. The molecule has 1 aromatic rings. The van der Waals surface area contributed by atoms with E-state index in [1.807, 2.05) is 6.07 Å². The molecular formula is C29H44O6. The van der Waals surface area contributed by atoms with Gasteiger partial charge in [-0.25, -0.2) is 9.59 Å². The summed E-state index contributed by atoms with van der Waals surface area (Å²) in [7, 11) is 2.94. The average Bonchev–Trinajstić information content (AvgIpc) is 2.84. The molecule has 1 aliphatic heterocycles. The zero-order chi connectivity index (χ0) is 26.2. The highest BCUT2D eigenvalue weighted by atomic mass is 16.7. The zero-order valence-corrected chi connectivity index (χ0v) is 22.8. The van der Waals surface area contributed by atoms with Gasteiger partial charge in [-0.15, -0.1) is 0 Å². The average molecular weight is 489 g/mol. The molecule has 0 spiro atoms. The van der Waals surface area contributed by atoms with E-state index in [-0.39, 0.29) is 17.9 Å². The molecule has 0 aromatic heterocycles. The summed E-state index contributed by atoms with van der Waals surface area (Å²) in [5.74, 6) is -1.87. The topological polar surface area (TPSA) is 71.1 Å². The second-order valence-corrected chi connectivity index (χ2v) is 10.3. The fraction of sp³-hybridized carbons (Fsp3) is 0.655. The molecule has 2 rings (SSSR count). The molecule has 0 aliphatic carbocycles. The Bertz CT molecular complexity index is 853. The van der Waals surface area contributed by atoms with Crippen LogP contribution < -0.4 is 0 Å². The van der Waals surface area contributed by atoms with E-state index in [1.54, 1.807) is 31.4 Å². The van der Waals surface area contributed by atoms with Crippen LogP contribution in [0.2, 0.25) is 0 Å². The Balaban J connectivity index is 2.68. The van der Waals surface area contributed by atoms with Crippen molar-refractivity contribution in [2.24, 2.45) is 17.3 Å². The Hall–Kier alpha value is -2.18. The lowest BCUT2D eigenvalue weighted by molar-refractivity contribution is -0.356. The first-order chi connectivity index (χ1) is 16.6. The van der Waals surface area contributed by atoms with Gasteiger partial charge in [0.05, 0.1) is 18.8 Å². The molecule has 196 valence electrons. The van der Waals surface area contributed by atoms with E-state index in [0.717, 1.165) is 25.7 Å². The second-order valence-electron chi connectivity index (χ2n) is 10.3. The van der Waals surface area contributed by atoms with Crippen molar-refractivity contribution >= 4 is 11.9 Å². The predicted octanol–water partition coefficient (Wildman–Crippen LogP) is 6.34. The van der Waals surface area contributed by atoms with Crippen LogP contribution in [-0.4, -0.2) is 44.2 Å². The second kappa shape index (κ2) is 12.7. The molecule has 3 atom stereocenters. The van der Waals surface area contributed by atoms with Crippen molar-refractivity contribution in [2.75, 3.05) is 14.2 Å². The summed E-state index contributed by atoms with van der Waals surface area (Å²) in [5, 5.41) is 0. The molecule has 6 nitrogen and oxygen atoms in total. The maximum Gasteiger partial charge on any atom is 0.338 e. The number of hydrogen-bond donors (Lipinski definition) is 0. The third-order valence-electron chi connectivity index (χ3n) is 7.67. The van der Waals surface area contributed by atoms with E-state index >= 15 is 0 Å². The first kappa shape index (κ1) is 29.1. The molecule has 1 aromatic carbocycles. The molecule has 0 amide bonds. The number of carbonyl (C=O) groups is 2. The number of rotatable bonds is 11. The Kier molecular flexibility index (Phi) is 10.5. The summed E-state index contributed by atoms with van der Waals surface area (Å²) < 4.78 is 24.3. The maximum atomic E-state index is 13.3. The highest BCUT2D eigenvalue weighted by molar-refractivity contribution is 5.90. The van der Waals surface area contributed by atoms with Gasteiger partial charge in [0.15, 0.2) is 6.10 Å². The lowest BCUT2D eigenvalue weighted by Crippen LogP contribution is -2.65. The van der Waals surface area contributed by atoms with Gasteiger partial charge in [-0.3, -0.25) is 0 Å². The molecule has 0 N–H and O–H groups in total. The van der Waals surface area contributed by atoms with Gasteiger partial charge in [0, 0.05) is 18.6 Å². The molecular weight excluding hydrogens is 444 g/mol. The first-order valence-electron chi connectivity index (χ1n) is 12.8. The molecule has 1 aliphatic rings. The van der Waals surface area contributed by atoms with Crippen molar-refractivity contribution in [3.63, 3.8) is 0 Å². The molecule has 0 saturated carbocycles. The summed E-state index contributed by atoms with van der Waals surface area (Å²) in [5.41, 5.74) is 0.514. The van der Waals surface area contributed by atoms with Crippen LogP contribution in [-0.2, 0) is 23.7 Å². The minimum atomic E-state index is -1.30. The van der Waals surface area contributed by atoms with Crippen LogP contribution in [0, 0.1) is 17.3 Å². The molecule has 3 unspecified atom stereocenters. The zero-order valence-electron chi connectivity index (χ0n) is 22.8. The lowest BCUT2D eigenvalue weighted by Gasteiger charge is -2.56. The number of esters is 2. The molecule has 0 radical (unpaired) electrons. The fourth-order valence-electron chi connectivity index (χ4n) is 4.99. The van der Waals surface area contributed by atoms with E-state index in [9.17, 15) is 9.59 Å². The Morgan fingerprint density at radius 3 is 2.20 bits per heavy atom. The first-order valence-corrected chi connectivity index (χ1v) is 12.8. The van der Waals surface area contributed by atoms with Gasteiger partial charge in [-0.05, 0) is 48.8 Å². The molecule has 0 bridgehead atoms. The Morgan fingerprint density at radius 2 is 1.71 bits per heavy atom. The van der Waals surface area contributed by atoms with Crippen LogP contribution >= 0.6 is 0 Å². The van der Waals surface area contributed by atoms with Gasteiger partial charge in [-0.1, -0.05) is 72.6 Å².